The minimum Gasteiger partial charge on any atom is -0.415 e. The summed E-state index contributed by atoms with van der Waals surface area (Å²) >= 11 is 6.04. The van der Waals surface area contributed by atoms with Crippen LogP contribution in [0.1, 0.15) is 30.5 Å². The Bertz CT molecular complexity index is 1100. The first-order valence-corrected chi connectivity index (χ1v) is 10.5. The smallest absolute Gasteiger partial charge is 0.314 e. The van der Waals surface area contributed by atoms with Crippen molar-refractivity contribution in [2.24, 2.45) is 0 Å². The van der Waals surface area contributed by atoms with Gasteiger partial charge in [-0.3, -0.25) is 9.29 Å². The number of hydrogen-bond acceptors (Lipinski definition) is 6. The minimum atomic E-state index is -3.58. The van der Waals surface area contributed by atoms with E-state index in [1.807, 2.05) is 0 Å². The summed E-state index contributed by atoms with van der Waals surface area (Å²) in [7, 11) is -3.58. The molecule has 154 valence electrons. The Hall–Kier alpha value is -2.59. The molecular formula is C18H17ClF2N4O3S. The van der Waals surface area contributed by atoms with Gasteiger partial charge in [0.1, 0.15) is 0 Å². The Labute approximate surface area is 171 Å². The number of rotatable bonds is 7. The van der Waals surface area contributed by atoms with Crippen molar-refractivity contribution in [2.75, 3.05) is 10.1 Å². The number of aromatic nitrogens is 3. The third-order valence-electron chi connectivity index (χ3n) is 4.13. The first-order valence-electron chi connectivity index (χ1n) is 8.54. The van der Waals surface area contributed by atoms with E-state index in [0.29, 0.717) is 22.0 Å². The molecule has 11 heteroatoms. The first kappa shape index (κ1) is 21.1. The van der Waals surface area contributed by atoms with E-state index < -0.39 is 22.3 Å². The fourth-order valence-electron chi connectivity index (χ4n) is 2.52. The Morgan fingerprint density at radius 1 is 1.21 bits per heavy atom. The van der Waals surface area contributed by atoms with Gasteiger partial charge in [-0.25, -0.2) is 8.42 Å². The molecule has 0 aliphatic carbocycles. The number of alkyl halides is 2. The average Bonchev–Trinajstić information content (AvgIpc) is 3.19. The molecule has 7 nitrogen and oxygen atoms in total. The van der Waals surface area contributed by atoms with E-state index in [4.69, 9.17) is 16.0 Å². The summed E-state index contributed by atoms with van der Waals surface area (Å²) in [4.78, 5) is 4.21. The van der Waals surface area contributed by atoms with Crippen molar-refractivity contribution in [3.05, 3.63) is 58.7 Å². The molecule has 3 aromatic rings. The van der Waals surface area contributed by atoms with Gasteiger partial charge in [0.2, 0.25) is 15.9 Å². The van der Waals surface area contributed by atoms with Gasteiger partial charge in [-0.15, -0.1) is 10.2 Å². The van der Waals surface area contributed by atoms with E-state index in [9.17, 15) is 17.2 Å². The molecule has 0 radical (unpaired) electrons. The number of aryl methyl sites for hydroxylation is 1. The fraction of sp³-hybridized carbons (Fsp3) is 0.278. The Morgan fingerprint density at radius 2 is 1.97 bits per heavy atom. The second kappa shape index (κ2) is 8.42. The van der Waals surface area contributed by atoms with Crippen LogP contribution < -0.4 is 4.31 Å². The number of benzene rings is 1. The van der Waals surface area contributed by atoms with Gasteiger partial charge in [-0.2, -0.15) is 8.78 Å². The summed E-state index contributed by atoms with van der Waals surface area (Å²) < 4.78 is 56.5. The van der Waals surface area contributed by atoms with Crippen LogP contribution in [0.15, 0.2) is 40.9 Å². The van der Waals surface area contributed by atoms with Crippen LogP contribution in [-0.2, 0) is 16.6 Å². The van der Waals surface area contributed by atoms with Crippen LogP contribution in [0.3, 0.4) is 0 Å². The van der Waals surface area contributed by atoms with Crippen molar-refractivity contribution in [2.45, 2.75) is 26.8 Å². The van der Waals surface area contributed by atoms with Gasteiger partial charge in [-0.1, -0.05) is 11.6 Å². The van der Waals surface area contributed by atoms with Gasteiger partial charge < -0.3 is 4.42 Å². The molecule has 0 saturated carbocycles. The molecule has 3 rings (SSSR count). The summed E-state index contributed by atoms with van der Waals surface area (Å²) in [6, 6.07) is 8.07. The molecule has 29 heavy (non-hydrogen) atoms. The molecule has 0 aliphatic rings. The third-order valence-corrected chi connectivity index (χ3v) is 6.30. The predicted octanol–water partition coefficient (Wildman–Crippen LogP) is 4.39. The molecule has 0 fully saturated rings. The summed E-state index contributed by atoms with van der Waals surface area (Å²) in [5.41, 5.74) is 2.01. The number of sulfonamides is 1. The molecular weight excluding hydrogens is 426 g/mol. The van der Waals surface area contributed by atoms with Crippen LogP contribution >= 0.6 is 11.6 Å². The summed E-state index contributed by atoms with van der Waals surface area (Å²) in [6.07, 6.45) is -1.50. The van der Waals surface area contributed by atoms with Crippen LogP contribution in [-0.4, -0.2) is 29.4 Å². The van der Waals surface area contributed by atoms with E-state index in [-0.39, 0.29) is 18.2 Å². The highest BCUT2D eigenvalue weighted by molar-refractivity contribution is 7.92. The third kappa shape index (κ3) is 4.70. The Morgan fingerprint density at radius 3 is 2.52 bits per heavy atom. The monoisotopic (exact) mass is 442 g/mol. The predicted molar refractivity (Wildman–Crippen MR) is 104 cm³/mol. The van der Waals surface area contributed by atoms with Crippen LogP contribution in [0.2, 0.25) is 5.02 Å². The SMILES string of the molecule is CCS(=O)(=O)N(Cc1ccc(-c2nnc(C(F)F)o2)cn1)c1ccc(Cl)c(C)c1. The molecule has 0 saturated heterocycles. The van der Waals surface area contributed by atoms with Crippen LogP contribution in [0.5, 0.6) is 0 Å². The highest BCUT2D eigenvalue weighted by Gasteiger charge is 2.22. The highest BCUT2D eigenvalue weighted by Crippen LogP contribution is 2.27. The average molecular weight is 443 g/mol. The van der Waals surface area contributed by atoms with E-state index in [2.05, 4.69) is 15.2 Å². The van der Waals surface area contributed by atoms with Crippen molar-refractivity contribution in [1.29, 1.82) is 0 Å². The zero-order valence-corrected chi connectivity index (χ0v) is 17.1. The normalized spacial score (nSPS) is 11.8. The molecule has 0 atom stereocenters. The van der Waals surface area contributed by atoms with Crippen molar-refractivity contribution in [3.8, 4) is 11.5 Å². The maximum Gasteiger partial charge on any atom is 0.314 e. The highest BCUT2D eigenvalue weighted by atomic mass is 35.5. The van der Waals surface area contributed by atoms with Crippen molar-refractivity contribution < 1.29 is 21.6 Å². The molecule has 0 unspecified atom stereocenters. The number of halogens is 3. The van der Waals surface area contributed by atoms with Crippen molar-refractivity contribution in [3.63, 3.8) is 0 Å². The lowest BCUT2D eigenvalue weighted by atomic mass is 10.2. The van der Waals surface area contributed by atoms with Gasteiger partial charge in [0.25, 0.3) is 5.89 Å². The molecule has 1 aromatic carbocycles. The summed E-state index contributed by atoms with van der Waals surface area (Å²) in [6.45, 7) is 3.33. The number of hydrogen-bond donors (Lipinski definition) is 0. The molecule has 0 N–H and O–H groups in total. The molecule has 0 bridgehead atoms. The van der Waals surface area contributed by atoms with Gasteiger partial charge in [0.05, 0.1) is 29.2 Å². The van der Waals surface area contributed by atoms with E-state index >= 15 is 0 Å². The number of anilines is 1. The van der Waals surface area contributed by atoms with Crippen molar-refractivity contribution >= 4 is 27.3 Å². The lowest BCUT2D eigenvalue weighted by Crippen LogP contribution is -2.32. The molecule has 0 spiro atoms. The largest absolute Gasteiger partial charge is 0.415 e. The maximum atomic E-state index is 12.6. The van der Waals surface area contributed by atoms with Gasteiger partial charge in [0, 0.05) is 11.2 Å². The van der Waals surface area contributed by atoms with Crippen LogP contribution in [0.25, 0.3) is 11.5 Å². The summed E-state index contributed by atoms with van der Waals surface area (Å²) in [5, 5.41) is 7.36. The Kier molecular flexibility index (Phi) is 6.13. The van der Waals surface area contributed by atoms with E-state index in [1.165, 1.54) is 10.5 Å². The van der Waals surface area contributed by atoms with E-state index in [0.717, 1.165) is 5.56 Å². The van der Waals surface area contributed by atoms with Crippen LogP contribution in [0.4, 0.5) is 14.5 Å². The van der Waals surface area contributed by atoms with E-state index in [1.54, 1.807) is 44.2 Å². The molecule has 2 heterocycles. The fourth-order valence-corrected chi connectivity index (χ4v) is 3.71. The number of pyridine rings is 1. The van der Waals surface area contributed by atoms with Gasteiger partial charge >= 0.3 is 6.43 Å². The zero-order valence-electron chi connectivity index (χ0n) is 15.5. The molecule has 2 aromatic heterocycles. The molecule has 0 aliphatic heterocycles. The lowest BCUT2D eigenvalue weighted by Gasteiger charge is -2.24. The zero-order chi connectivity index (χ0) is 21.2. The van der Waals surface area contributed by atoms with Crippen molar-refractivity contribution in [1.82, 2.24) is 15.2 Å². The standard InChI is InChI=1S/C18H17ClF2N4O3S/c1-3-29(26,27)25(14-6-7-15(19)11(2)8-14)10-13-5-4-12(9-22-13)17-23-24-18(28-17)16(20)21/h4-9,16H,3,10H2,1-2H3. The second-order valence-electron chi connectivity index (χ2n) is 6.13. The van der Waals surface area contributed by atoms with Gasteiger partial charge in [-0.05, 0) is 49.7 Å². The maximum absolute atomic E-state index is 12.6. The minimum absolute atomic E-state index is 0.0103. The second-order valence-corrected chi connectivity index (χ2v) is 8.71. The quantitative estimate of drug-likeness (QED) is 0.539. The van der Waals surface area contributed by atoms with Crippen LogP contribution in [0, 0.1) is 6.92 Å². The number of nitrogens with zero attached hydrogens (tertiary/aromatic N) is 4. The topological polar surface area (TPSA) is 89.2 Å². The lowest BCUT2D eigenvalue weighted by molar-refractivity contribution is 0.116. The summed E-state index contributed by atoms with van der Waals surface area (Å²) in [5.74, 6) is -0.960. The molecule has 0 amide bonds. The Balaban J connectivity index is 1.88. The van der Waals surface area contributed by atoms with Gasteiger partial charge in [0.15, 0.2) is 0 Å². The first-order chi connectivity index (χ1) is 13.7.